The first kappa shape index (κ1) is 16.2. The van der Waals surface area contributed by atoms with Crippen LogP contribution in [-0.2, 0) is 22.5 Å². The fourth-order valence-corrected chi connectivity index (χ4v) is 3.14. The molecule has 1 aliphatic heterocycles. The highest BCUT2D eigenvalue weighted by molar-refractivity contribution is 7.99. The van der Waals surface area contributed by atoms with Crippen molar-refractivity contribution < 1.29 is 9.53 Å². The standard InChI is InChI=1S/C15H23N3O2S/c1-15(2,3)20-13(19)6-8-21-14-11-9-18(4)7-5-12(11)16-10-17-14/h10H,5-9H2,1-4H3. The van der Waals surface area contributed by atoms with E-state index in [1.54, 1.807) is 18.1 Å². The minimum atomic E-state index is -0.418. The Kier molecular flexibility index (Phi) is 5.22. The molecule has 0 saturated carbocycles. The van der Waals surface area contributed by atoms with E-state index in [0.717, 1.165) is 30.2 Å². The van der Waals surface area contributed by atoms with Gasteiger partial charge in [-0.3, -0.25) is 4.79 Å². The number of rotatable bonds is 4. The van der Waals surface area contributed by atoms with Gasteiger partial charge in [0.05, 0.1) is 12.1 Å². The van der Waals surface area contributed by atoms with E-state index in [1.807, 2.05) is 20.8 Å². The van der Waals surface area contributed by atoms with Gasteiger partial charge < -0.3 is 9.64 Å². The number of likely N-dealkylation sites (N-methyl/N-ethyl adjacent to an activating group) is 1. The van der Waals surface area contributed by atoms with Crippen LogP contribution in [0.25, 0.3) is 0 Å². The number of hydrogen-bond acceptors (Lipinski definition) is 6. The molecule has 6 heteroatoms. The van der Waals surface area contributed by atoms with Crippen LogP contribution in [0, 0.1) is 0 Å². The Hall–Kier alpha value is -1.14. The normalized spacial score (nSPS) is 15.6. The third kappa shape index (κ3) is 4.97. The third-order valence-corrected chi connectivity index (χ3v) is 4.15. The van der Waals surface area contributed by atoms with E-state index < -0.39 is 5.60 Å². The Balaban J connectivity index is 1.91. The van der Waals surface area contributed by atoms with Crippen LogP contribution in [0.2, 0.25) is 0 Å². The predicted molar refractivity (Wildman–Crippen MR) is 83.3 cm³/mol. The number of aromatic nitrogens is 2. The van der Waals surface area contributed by atoms with E-state index in [1.165, 1.54) is 5.56 Å². The van der Waals surface area contributed by atoms with Crippen LogP contribution < -0.4 is 0 Å². The summed E-state index contributed by atoms with van der Waals surface area (Å²) in [6.07, 6.45) is 2.99. The SMILES string of the molecule is CN1CCc2ncnc(SCCC(=O)OC(C)(C)C)c2C1. The van der Waals surface area contributed by atoms with Crippen LogP contribution in [0.5, 0.6) is 0 Å². The van der Waals surface area contributed by atoms with Crippen molar-refractivity contribution in [2.75, 3.05) is 19.3 Å². The number of esters is 1. The van der Waals surface area contributed by atoms with Crippen LogP contribution >= 0.6 is 11.8 Å². The average Bonchev–Trinajstić information content (AvgIpc) is 2.37. The van der Waals surface area contributed by atoms with E-state index in [4.69, 9.17) is 4.74 Å². The monoisotopic (exact) mass is 309 g/mol. The minimum absolute atomic E-state index is 0.157. The Morgan fingerprint density at radius 1 is 1.43 bits per heavy atom. The maximum atomic E-state index is 11.7. The maximum Gasteiger partial charge on any atom is 0.307 e. The number of nitrogens with zero attached hydrogens (tertiary/aromatic N) is 3. The van der Waals surface area contributed by atoms with Gasteiger partial charge in [-0.25, -0.2) is 9.97 Å². The van der Waals surface area contributed by atoms with Gasteiger partial charge >= 0.3 is 5.97 Å². The average molecular weight is 309 g/mol. The van der Waals surface area contributed by atoms with Crippen LogP contribution in [0.3, 0.4) is 0 Å². The smallest absolute Gasteiger partial charge is 0.307 e. The van der Waals surface area contributed by atoms with Crippen molar-refractivity contribution in [1.82, 2.24) is 14.9 Å². The zero-order chi connectivity index (χ0) is 15.5. The molecular formula is C15H23N3O2S. The van der Waals surface area contributed by atoms with Gasteiger partial charge in [0, 0.05) is 30.8 Å². The number of fused-ring (bicyclic) bond motifs is 1. The van der Waals surface area contributed by atoms with Gasteiger partial charge in [-0.2, -0.15) is 0 Å². The predicted octanol–water partition coefficient (Wildman–Crippen LogP) is 2.29. The van der Waals surface area contributed by atoms with E-state index in [0.29, 0.717) is 12.2 Å². The van der Waals surface area contributed by atoms with Gasteiger partial charge in [-0.15, -0.1) is 11.8 Å². The lowest BCUT2D eigenvalue weighted by Gasteiger charge is -2.25. The first-order valence-electron chi connectivity index (χ1n) is 7.21. The number of carbonyl (C=O) groups excluding carboxylic acids is 1. The molecule has 0 radical (unpaired) electrons. The molecule has 0 aliphatic carbocycles. The lowest BCUT2D eigenvalue weighted by molar-refractivity contribution is -0.154. The van der Waals surface area contributed by atoms with Gasteiger partial charge in [0.25, 0.3) is 0 Å². The third-order valence-electron chi connectivity index (χ3n) is 3.12. The zero-order valence-electron chi connectivity index (χ0n) is 13.2. The van der Waals surface area contributed by atoms with E-state index in [9.17, 15) is 4.79 Å². The molecule has 0 bridgehead atoms. The topological polar surface area (TPSA) is 55.3 Å². The van der Waals surface area contributed by atoms with E-state index in [2.05, 4.69) is 21.9 Å². The van der Waals surface area contributed by atoms with Crippen molar-refractivity contribution in [2.24, 2.45) is 0 Å². The molecule has 1 aliphatic rings. The molecule has 0 amide bonds. The van der Waals surface area contributed by atoms with Crippen LogP contribution in [0.1, 0.15) is 38.4 Å². The van der Waals surface area contributed by atoms with Gasteiger partial charge in [0.1, 0.15) is 17.0 Å². The molecular weight excluding hydrogens is 286 g/mol. The van der Waals surface area contributed by atoms with Gasteiger partial charge in [-0.1, -0.05) is 0 Å². The van der Waals surface area contributed by atoms with Crippen molar-refractivity contribution in [3.05, 3.63) is 17.6 Å². The Morgan fingerprint density at radius 2 is 2.19 bits per heavy atom. The number of carbonyl (C=O) groups is 1. The molecule has 0 atom stereocenters. The minimum Gasteiger partial charge on any atom is -0.460 e. The maximum absolute atomic E-state index is 11.7. The second-order valence-electron chi connectivity index (χ2n) is 6.28. The highest BCUT2D eigenvalue weighted by Crippen LogP contribution is 2.26. The highest BCUT2D eigenvalue weighted by atomic mass is 32.2. The Morgan fingerprint density at radius 3 is 2.90 bits per heavy atom. The summed E-state index contributed by atoms with van der Waals surface area (Å²) in [7, 11) is 2.10. The fraction of sp³-hybridized carbons (Fsp3) is 0.667. The summed E-state index contributed by atoms with van der Waals surface area (Å²) in [6.45, 7) is 7.56. The molecule has 2 rings (SSSR count). The summed E-state index contributed by atoms with van der Waals surface area (Å²) in [5, 5.41) is 0.995. The second-order valence-corrected chi connectivity index (χ2v) is 7.36. The van der Waals surface area contributed by atoms with Crippen molar-refractivity contribution in [2.45, 2.75) is 50.8 Å². The van der Waals surface area contributed by atoms with E-state index in [-0.39, 0.29) is 5.97 Å². The summed E-state index contributed by atoms with van der Waals surface area (Å²) in [4.78, 5) is 22.7. The summed E-state index contributed by atoms with van der Waals surface area (Å²) in [5.41, 5.74) is 1.93. The summed E-state index contributed by atoms with van der Waals surface area (Å²) in [6, 6.07) is 0. The highest BCUT2D eigenvalue weighted by Gasteiger charge is 2.20. The second kappa shape index (κ2) is 6.75. The van der Waals surface area contributed by atoms with Crippen LogP contribution in [-0.4, -0.2) is 45.8 Å². The summed E-state index contributed by atoms with van der Waals surface area (Å²) < 4.78 is 5.31. The number of hydrogen-bond donors (Lipinski definition) is 0. The lowest BCUT2D eigenvalue weighted by atomic mass is 10.1. The van der Waals surface area contributed by atoms with Crippen molar-refractivity contribution in [1.29, 1.82) is 0 Å². The fourth-order valence-electron chi connectivity index (χ4n) is 2.20. The quantitative estimate of drug-likeness (QED) is 0.483. The Labute approximate surface area is 130 Å². The Bertz CT molecular complexity index is 514. The molecule has 116 valence electrons. The summed E-state index contributed by atoms with van der Waals surface area (Å²) >= 11 is 1.61. The van der Waals surface area contributed by atoms with Crippen LogP contribution in [0.15, 0.2) is 11.4 Å². The van der Waals surface area contributed by atoms with Crippen molar-refractivity contribution >= 4 is 17.7 Å². The van der Waals surface area contributed by atoms with Crippen molar-refractivity contribution in [3.63, 3.8) is 0 Å². The molecule has 1 aromatic heterocycles. The van der Waals surface area contributed by atoms with Gasteiger partial charge in [0.15, 0.2) is 0 Å². The molecule has 0 saturated heterocycles. The molecule has 0 N–H and O–H groups in total. The molecule has 5 nitrogen and oxygen atoms in total. The molecule has 0 unspecified atom stereocenters. The number of thioether (sulfide) groups is 1. The molecule has 2 heterocycles. The van der Waals surface area contributed by atoms with E-state index >= 15 is 0 Å². The van der Waals surface area contributed by atoms with Crippen LogP contribution in [0.4, 0.5) is 0 Å². The molecule has 0 aromatic carbocycles. The number of ether oxygens (including phenoxy) is 1. The molecule has 0 fully saturated rings. The summed E-state index contributed by atoms with van der Waals surface area (Å²) in [5.74, 6) is 0.525. The first-order valence-corrected chi connectivity index (χ1v) is 8.19. The molecule has 1 aromatic rings. The zero-order valence-corrected chi connectivity index (χ0v) is 14.0. The van der Waals surface area contributed by atoms with Crippen molar-refractivity contribution in [3.8, 4) is 0 Å². The first-order chi connectivity index (χ1) is 9.85. The molecule has 21 heavy (non-hydrogen) atoms. The molecule has 0 spiro atoms. The lowest BCUT2D eigenvalue weighted by Crippen LogP contribution is -2.28. The van der Waals surface area contributed by atoms with Gasteiger partial charge in [0.2, 0.25) is 0 Å². The largest absolute Gasteiger partial charge is 0.460 e. The van der Waals surface area contributed by atoms with Gasteiger partial charge in [-0.05, 0) is 27.8 Å².